The first kappa shape index (κ1) is 11.4. The maximum Gasteiger partial charge on any atom is 0.339 e. The van der Waals surface area contributed by atoms with Crippen LogP contribution in [0.2, 0.25) is 0 Å². The first-order valence-corrected chi connectivity index (χ1v) is 5.35. The Hall–Kier alpha value is -0.680. The summed E-state index contributed by atoms with van der Waals surface area (Å²) >= 11 is 1.30. The molecule has 1 aliphatic heterocycles. The summed E-state index contributed by atoms with van der Waals surface area (Å²) in [5, 5.41) is 10.3. The van der Waals surface area contributed by atoms with Gasteiger partial charge in [-0.1, -0.05) is 0 Å². The lowest BCUT2D eigenvalue weighted by molar-refractivity contribution is -0.140. The summed E-state index contributed by atoms with van der Waals surface area (Å²) in [6, 6.07) is 0. The first-order valence-electron chi connectivity index (χ1n) is 4.47. The number of esters is 1. The molecular weight excluding hydrogens is 202 g/mol. The Kier molecular flexibility index (Phi) is 3.11. The molecule has 0 aromatic rings. The fourth-order valence-electron chi connectivity index (χ4n) is 1.33. The minimum Gasteiger partial charge on any atom is -0.462 e. The average Bonchev–Trinajstić information content (AvgIpc) is 2.22. The predicted octanol–water partition coefficient (Wildman–Crippen LogP) is 0.606. The third-order valence-electron chi connectivity index (χ3n) is 2.33. The van der Waals surface area contributed by atoms with E-state index in [1.54, 1.807) is 13.8 Å². The summed E-state index contributed by atoms with van der Waals surface area (Å²) in [6.07, 6.45) is 0. The number of carbonyl (C=O) groups is 1. The standard InChI is InChI=1S/C9H15NO3S/c1-4-13-8(11)6-7(10)14-5(2)9(6,3)12/h5,12H,4,10H2,1-3H3. The van der Waals surface area contributed by atoms with Gasteiger partial charge in [0.05, 0.1) is 17.2 Å². The number of nitrogens with two attached hydrogens (primary N) is 1. The molecule has 0 saturated carbocycles. The minimum absolute atomic E-state index is 0.123. The Morgan fingerprint density at radius 2 is 2.36 bits per heavy atom. The number of carbonyl (C=O) groups excluding carboxylic acids is 1. The van der Waals surface area contributed by atoms with Crippen LogP contribution in [-0.2, 0) is 9.53 Å². The van der Waals surface area contributed by atoms with Crippen molar-refractivity contribution in [2.24, 2.45) is 5.73 Å². The van der Waals surface area contributed by atoms with Gasteiger partial charge in [-0.2, -0.15) is 0 Å². The zero-order valence-corrected chi connectivity index (χ0v) is 9.35. The van der Waals surface area contributed by atoms with Crippen molar-refractivity contribution in [3.05, 3.63) is 10.6 Å². The van der Waals surface area contributed by atoms with Gasteiger partial charge in [-0.3, -0.25) is 0 Å². The van der Waals surface area contributed by atoms with Gasteiger partial charge in [-0.25, -0.2) is 4.79 Å². The molecule has 0 aliphatic carbocycles. The van der Waals surface area contributed by atoms with E-state index in [2.05, 4.69) is 0 Å². The molecule has 80 valence electrons. The van der Waals surface area contributed by atoms with Crippen LogP contribution in [0.25, 0.3) is 0 Å². The second kappa shape index (κ2) is 3.82. The lowest BCUT2D eigenvalue weighted by Gasteiger charge is -2.23. The molecule has 2 atom stereocenters. The average molecular weight is 217 g/mol. The molecule has 1 rings (SSSR count). The second-order valence-electron chi connectivity index (χ2n) is 3.37. The van der Waals surface area contributed by atoms with E-state index in [1.807, 2.05) is 6.92 Å². The van der Waals surface area contributed by atoms with E-state index in [-0.39, 0.29) is 17.4 Å². The molecule has 0 aromatic carbocycles. The van der Waals surface area contributed by atoms with E-state index in [9.17, 15) is 9.90 Å². The molecule has 3 N–H and O–H groups in total. The van der Waals surface area contributed by atoms with E-state index in [4.69, 9.17) is 10.5 Å². The number of hydrogen-bond donors (Lipinski definition) is 2. The van der Waals surface area contributed by atoms with Crippen molar-refractivity contribution < 1.29 is 14.6 Å². The van der Waals surface area contributed by atoms with E-state index in [0.717, 1.165) is 0 Å². The molecule has 5 heteroatoms. The highest BCUT2D eigenvalue weighted by atomic mass is 32.2. The number of hydrogen-bond acceptors (Lipinski definition) is 5. The number of thioether (sulfide) groups is 1. The first-order chi connectivity index (χ1) is 6.41. The van der Waals surface area contributed by atoms with Crippen LogP contribution >= 0.6 is 11.8 Å². The Bertz CT molecular complexity index is 286. The van der Waals surface area contributed by atoms with E-state index < -0.39 is 11.6 Å². The van der Waals surface area contributed by atoms with Gasteiger partial charge in [0.15, 0.2) is 0 Å². The van der Waals surface area contributed by atoms with Crippen molar-refractivity contribution in [3.63, 3.8) is 0 Å². The number of rotatable bonds is 2. The van der Waals surface area contributed by atoms with E-state index in [0.29, 0.717) is 5.03 Å². The fourth-order valence-corrected chi connectivity index (χ4v) is 2.46. The fraction of sp³-hybridized carbons (Fsp3) is 0.667. The largest absolute Gasteiger partial charge is 0.462 e. The Morgan fingerprint density at radius 3 is 2.71 bits per heavy atom. The Morgan fingerprint density at radius 1 is 1.79 bits per heavy atom. The third-order valence-corrected chi connectivity index (χ3v) is 3.60. The van der Waals surface area contributed by atoms with Gasteiger partial charge in [0.2, 0.25) is 0 Å². The maximum absolute atomic E-state index is 11.5. The lowest BCUT2D eigenvalue weighted by atomic mass is 9.94. The van der Waals surface area contributed by atoms with Crippen molar-refractivity contribution in [2.45, 2.75) is 31.6 Å². The number of aliphatic hydroxyl groups is 1. The van der Waals surface area contributed by atoms with Gasteiger partial charge in [-0.15, -0.1) is 11.8 Å². The molecule has 1 aliphatic rings. The highest BCUT2D eigenvalue weighted by Gasteiger charge is 2.45. The minimum atomic E-state index is -1.19. The monoisotopic (exact) mass is 217 g/mol. The van der Waals surface area contributed by atoms with Gasteiger partial charge < -0.3 is 15.6 Å². The highest BCUT2D eigenvalue weighted by Crippen LogP contribution is 2.42. The summed E-state index contributed by atoms with van der Waals surface area (Å²) in [6.45, 7) is 5.40. The molecule has 14 heavy (non-hydrogen) atoms. The Balaban J connectivity index is 2.96. The normalized spacial score (nSPS) is 32.1. The molecular formula is C9H15NO3S. The van der Waals surface area contributed by atoms with Crippen LogP contribution in [0.5, 0.6) is 0 Å². The summed E-state index contributed by atoms with van der Waals surface area (Å²) in [5.74, 6) is -0.521. The van der Waals surface area contributed by atoms with Gasteiger partial charge in [0, 0.05) is 5.25 Å². The van der Waals surface area contributed by atoms with Crippen LogP contribution in [0.4, 0.5) is 0 Å². The van der Waals surface area contributed by atoms with Crippen molar-refractivity contribution in [2.75, 3.05) is 6.61 Å². The van der Waals surface area contributed by atoms with E-state index in [1.165, 1.54) is 11.8 Å². The third kappa shape index (κ3) is 1.74. The highest BCUT2D eigenvalue weighted by molar-refractivity contribution is 8.04. The topological polar surface area (TPSA) is 72.5 Å². The molecule has 0 bridgehead atoms. The smallest absolute Gasteiger partial charge is 0.339 e. The summed E-state index contributed by atoms with van der Waals surface area (Å²) in [5.41, 5.74) is 4.66. The van der Waals surface area contributed by atoms with Crippen LogP contribution < -0.4 is 5.73 Å². The van der Waals surface area contributed by atoms with Crippen LogP contribution in [0, 0.1) is 0 Å². The zero-order valence-electron chi connectivity index (χ0n) is 8.53. The summed E-state index contributed by atoms with van der Waals surface area (Å²) < 4.78 is 4.83. The van der Waals surface area contributed by atoms with Gasteiger partial charge >= 0.3 is 5.97 Å². The van der Waals surface area contributed by atoms with Gasteiger partial charge in [0.1, 0.15) is 5.60 Å². The SMILES string of the molecule is CCOC(=O)C1=C(N)SC(C)C1(C)O. The van der Waals surface area contributed by atoms with Crippen LogP contribution in [0.15, 0.2) is 10.6 Å². The van der Waals surface area contributed by atoms with Crippen LogP contribution in [0.3, 0.4) is 0 Å². The molecule has 4 nitrogen and oxygen atoms in total. The Labute approximate surface area is 87.5 Å². The van der Waals surface area contributed by atoms with Gasteiger partial charge in [-0.05, 0) is 20.8 Å². The molecule has 1 heterocycles. The lowest BCUT2D eigenvalue weighted by Crippen LogP contribution is -2.37. The molecule has 0 fully saturated rings. The second-order valence-corrected chi connectivity index (χ2v) is 4.75. The predicted molar refractivity (Wildman–Crippen MR) is 55.5 cm³/mol. The summed E-state index contributed by atoms with van der Waals surface area (Å²) in [4.78, 5) is 11.5. The molecule has 2 unspecified atom stereocenters. The number of ether oxygens (including phenoxy) is 1. The van der Waals surface area contributed by atoms with Crippen LogP contribution in [0.1, 0.15) is 20.8 Å². The summed E-state index contributed by atoms with van der Waals surface area (Å²) in [7, 11) is 0. The molecule has 0 radical (unpaired) electrons. The van der Waals surface area contributed by atoms with Gasteiger partial charge in [0.25, 0.3) is 0 Å². The quantitative estimate of drug-likeness (QED) is 0.663. The maximum atomic E-state index is 11.5. The molecule has 0 amide bonds. The molecule has 0 saturated heterocycles. The van der Waals surface area contributed by atoms with Crippen molar-refractivity contribution >= 4 is 17.7 Å². The van der Waals surface area contributed by atoms with E-state index >= 15 is 0 Å². The van der Waals surface area contributed by atoms with Crippen molar-refractivity contribution in [1.29, 1.82) is 0 Å². The molecule has 0 aromatic heterocycles. The van der Waals surface area contributed by atoms with Crippen LogP contribution in [-0.4, -0.2) is 28.5 Å². The zero-order chi connectivity index (χ0) is 10.9. The van der Waals surface area contributed by atoms with Crippen molar-refractivity contribution in [3.8, 4) is 0 Å². The van der Waals surface area contributed by atoms with Crippen molar-refractivity contribution in [1.82, 2.24) is 0 Å². The molecule has 0 spiro atoms.